The third-order valence-corrected chi connectivity index (χ3v) is 6.13. The molecule has 1 aromatic rings. The number of carbonyl (C=O) groups excluding carboxylic acids is 1. The van der Waals surface area contributed by atoms with Gasteiger partial charge in [-0.3, -0.25) is 4.79 Å². The van der Waals surface area contributed by atoms with Crippen LogP contribution in [0.2, 0.25) is 0 Å². The van der Waals surface area contributed by atoms with Crippen molar-refractivity contribution >= 4 is 21.6 Å². The Morgan fingerprint density at radius 2 is 1.92 bits per heavy atom. The van der Waals surface area contributed by atoms with E-state index in [2.05, 4.69) is 14.8 Å². The Balaban J connectivity index is 1.59. The van der Waals surface area contributed by atoms with Crippen LogP contribution >= 0.6 is 0 Å². The smallest absolute Gasteiger partial charge is 0.395 e. The minimum atomic E-state index is -3.71. The quantitative estimate of drug-likeness (QED) is 0.869. The summed E-state index contributed by atoms with van der Waals surface area (Å²) >= 11 is 0. The number of nitrogens with one attached hydrogen (secondary N) is 1. The van der Waals surface area contributed by atoms with Crippen LogP contribution in [-0.2, 0) is 14.8 Å². The molecule has 0 bridgehead atoms. The van der Waals surface area contributed by atoms with Crippen molar-refractivity contribution in [1.29, 1.82) is 0 Å². The Morgan fingerprint density at radius 1 is 1.28 bits per heavy atom. The first kappa shape index (κ1) is 17.9. The van der Waals surface area contributed by atoms with E-state index in [9.17, 15) is 22.0 Å². The van der Waals surface area contributed by atoms with Crippen LogP contribution in [0, 0.1) is 5.92 Å². The number of nitrogens with zero attached hydrogens (tertiary/aromatic N) is 1. The van der Waals surface area contributed by atoms with Gasteiger partial charge in [-0.05, 0) is 31.9 Å². The van der Waals surface area contributed by atoms with E-state index < -0.39 is 16.3 Å². The first-order valence-electron chi connectivity index (χ1n) is 7.89. The minimum absolute atomic E-state index is 0.0334. The Bertz CT molecular complexity index is 776. The highest BCUT2D eigenvalue weighted by Crippen LogP contribution is 2.42. The van der Waals surface area contributed by atoms with Crippen molar-refractivity contribution in [2.24, 2.45) is 5.92 Å². The number of carbonyl (C=O) groups is 1. The normalized spacial score (nSPS) is 20.4. The summed E-state index contributed by atoms with van der Waals surface area (Å²) in [6.07, 6.45) is -2.88. The average molecular weight is 376 g/mol. The zero-order valence-corrected chi connectivity index (χ0v) is 14.3. The molecule has 2 aliphatic rings. The summed E-state index contributed by atoms with van der Waals surface area (Å²) in [6, 6.07) is 4.01. The predicted molar refractivity (Wildman–Crippen MR) is 85.0 cm³/mol. The van der Waals surface area contributed by atoms with E-state index in [1.807, 2.05) is 0 Å². The van der Waals surface area contributed by atoms with E-state index in [1.54, 1.807) is 6.92 Å². The lowest BCUT2D eigenvalue weighted by atomic mass is 9.97. The summed E-state index contributed by atoms with van der Waals surface area (Å²) in [7, 11) is -3.25. The van der Waals surface area contributed by atoms with Crippen LogP contribution in [0.15, 0.2) is 18.2 Å². The van der Waals surface area contributed by atoms with Gasteiger partial charge in [0.15, 0.2) is 11.5 Å². The lowest BCUT2D eigenvalue weighted by Gasteiger charge is -2.30. The Morgan fingerprint density at radius 3 is 2.56 bits per heavy atom. The maximum absolute atomic E-state index is 13.0. The Kier molecular flexibility index (Phi) is 4.58. The van der Waals surface area contributed by atoms with Crippen LogP contribution in [0.4, 0.5) is 14.5 Å². The van der Waals surface area contributed by atoms with Crippen molar-refractivity contribution < 1.29 is 31.5 Å². The molecule has 0 aromatic heterocycles. The molecule has 1 aromatic carbocycles. The highest BCUT2D eigenvalue weighted by atomic mass is 32.2. The molecular formula is C15H18F2N2O5S. The van der Waals surface area contributed by atoms with Crippen molar-refractivity contribution in [1.82, 2.24) is 4.31 Å². The van der Waals surface area contributed by atoms with E-state index >= 15 is 0 Å². The number of hydrogen-bond donors (Lipinski definition) is 1. The SMILES string of the molecule is CCS(=O)(=O)N1CCC(C(=O)Nc2ccc3c(c2)OC(F)(F)O3)CC1. The monoisotopic (exact) mass is 376 g/mol. The standard InChI is InChI=1S/C15H18F2N2O5S/c1-2-25(21,22)19-7-5-10(6-8-19)14(20)18-11-3-4-12-13(9-11)24-15(16,17)23-12/h3-4,9-10H,2,5-8H2,1H3,(H,18,20). The molecule has 2 aliphatic heterocycles. The number of amides is 1. The average Bonchev–Trinajstić information content (AvgIpc) is 2.88. The van der Waals surface area contributed by atoms with Gasteiger partial charge in [0, 0.05) is 30.8 Å². The number of rotatable bonds is 4. The number of fused-ring (bicyclic) bond motifs is 1. The fourth-order valence-corrected chi connectivity index (χ4v) is 3.98. The molecule has 0 unspecified atom stereocenters. The lowest BCUT2D eigenvalue weighted by Crippen LogP contribution is -2.42. The van der Waals surface area contributed by atoms with Crippen LogP contribution in [-0.4, -0.2) is 43.8 Å². The Labute approximate surface area is 143 Å². The van der Waals surface area contributed by atoms with Crippen molar-refractivity contribution in [2.45, 2.75) is 26.1 Å². The fraction of sp³-hybridized carbons (Fsp3) is 0.533. The molecule has 7 nitrogen and oxygen atoms in total. The molecule has 2 heterocycles. The van der Waals surface area contributed by atoms with Gasteiger partial charge in [-0.15, -0.1) is 8.78 Å². The molecule has 0 radical (unpaired) electrons. The van der Waals surface area contributed by atoms with E-state index in [-0.39, 0.29) is 29.1 Å². The Hall–Kier alpha value is -1.94. The molecule has 0 atom stereocenters. The van der Waals surface area contributed by atoms with Gasteiger partial charge in [0.2, 0.25) is 15.9 Å². The van der Waals surface area contributed by atoms with Gasteiger partial charge in [0.1, 0.15) is 0 Å². The summed E-state index contributed by atoms with van der Waals surface area (Å²) in [5, 5.41) is 2.65. The van der Waals surface area contributed by atoms with Crippen LogP contribution < -0.4 is 14.8 Å². The van der Waals surface area contributed by atoms with Gasteiger partial charge in [0.25, 0.3) is 0 Å². The molecule has 3 rings (SSSR count). The van der Waals surface area contributed by atoms with Crippen LogP contribution in [0.3, 0.4) is 0 Å². The summed E-state index contributed by atoms with van der Waals surface area (Å²) in [4.78, 5) is 12.3. The second kappa shape index (κ2) is 6.41. The van der Waals surface area contributed by atoms with Gasteiger partial charge in [-0.2, -0.15) is 0 Å². The highest BCUT2D eigenvalue weighted by Gasteiger charge is 2.43. The molecular weight excluding hydrogens is 358 g/mol. The zero-order chi connectivity index (χ0) is 18.2. The maximum Gasteiger partial charge on any atom is 0.586 e. The third kappa shape index (κ3) is 3.84. The van der Waals surface area contributed by atoms with Crippen LogP contribution in [0.5, 0.6) is 11.5 Å². The number of benzene rings is 1. The summed E-state index contributed by atoms with van der Waals surface area (Å²) in [5.74, 6) is -0.826. The lowest BCUT2D eigenvalue weighted by molar-refractivity contribution is -0.286. The fourth-order valence-electron chi connectivity index (χ4n) is 2.85. The van der Waals surface area contributed by atoms with Crippen molar-refractivity contribution in [3.8, 4) is 11.5 Å². The number of anilines is 1. The molecule has 1 fully saturated rings. The van der Waals surface area contributed by atoms with E-state index in [0.717, 1.165) is 0 Å². The predicted octanol–water partition coefficient (Wildman–Crippen LogP) is 2.01. The molecule has 1 saturated heterocycles. The van der Waals surface area contributed by atoms with Gasteiger partial charge < -0.3 is 14.8 Å². The number of hydrogen-bond acceptors (Lipinski definition) is 5. The number of ether oxygens (including phenoxy) is 2. The van der Waals surface area contributed by atoms with E-state index in [4.69, 9.17) is 0 Å². The molecule has 1 amide bonds. The van der Waals surface area contributed by atoms with E-state index in [1.165, 1.54) is 22.5 Å². The minimum Gasteiger partial charge on any atom is -0.395 e. The molecule has 1 N–H and O–H groups in total. The van der Waals surface area contributed by atoms with Crippen LogP contribution in [0.25, 0.3) is 0 Å². The summed E-state index contributed by atoms with van der Waals surface area (Å²) in [5.41, 5.74) is 0.314. The van der Waals surface area contributed by atoms with E-state index in [0.29, 0.717) is 31.6 Å². The zero-order valence-electron chi connectivity index (χ0n) is 13.5. The topological polar surface area (TPSA) is 84.9 Å². The molecule has 10 heteroatoms. The highest BCUT2D eigenvalue weighted by molar-refractivity contribution is 7.89. The van der Waals surface area contributed by atoms with Crippen molar-refractivity contribution in [3.05, 3.63) is 18.2 Å². The molecule has 0 spiro atoms. The molecule has 138 valence electrons. The molecule has 25 heavy (non-hydrogen) atoms. The van der Waals surface area contributed by atoms with Gasteiger partial charge in [0.05, 0.1) is 5.75 Å². The number of piperidine rings is 1. The molecule has 0 saturated carbocycles. The number of halogens is 2. The van der Waals surface area contributed by atoms with Crippen LogP contribution in [0.1, 0.15) is 19.8 Å². The second-order valence-corrected chi connectivity index (χ2v) is 8.15. The number of alkyl halides is 2. The van der Waals surface area contributed by atoms with Crippen molar-refractivity contribution in [3.63, 3.8) is 0 Å². The second-order valence-electron chi connectivity index (χ2n) is 5.89. The van der Waals surface area contributed by atoms with Gasteiger partial charge >= 0.3 is 6.29 Å². The first-order valence-corrected chi connectivity index (χ1v) is 9.50. The molecule has 0 aliphatic carbocycles. The number of sulfonamides is 1. The summed E-state index contributed by atoms with van der Waals surface area (Å²) in [6.45, 7) is 2.17. The largest absolute Gasteiger partial charge is 0.586 e. The van der Waals surface area contributed by atoms with Gasteiger partial charge in [-0.25, -0.2) is 12.7 Å². The third-order valence-electron chi connectivity index (χ3n) is 4.25. The summed E-state index contributed by atoms with van der Waals surface area (Å²) < 4.78 is 59.7. The van der Waals surface area contributed by atoms with Crippen molar-refractivity contribution in [2.75, 3.05) is 24.2 Å². The first-order chi connectivity index (χ1) is 11.7. The maximum atomic E-state index is 13.0. The van der Waals surface area contributed by atoms with Gasteiger partial charge in [-0.1, -0.05) is 0 Å².